The van der Waals surface area contributed by atoms with Gasteiger partial charge in [0.1, 0.15) is 11.5 Å². The van der Waals surface area contributed by atoms with Crippen molar-refractivity contribution in [2.24, 2.45) is 4.99 Å². The van der Waals surface area contributed by atoms with Gasteiger partial charge in [-0.15, -0.1) is 0 Å². The van der Waals surface area contributed by atoms with Crippen molar-refractivity contribution < 1.29 is 4.39 Å². The highest BCUT2D eigenvalue weighted by atomic mass is 19.1. The summed E-state index contributed by atoms with van der Waals surface area (Å²) in [6.45, 7) is 9.71. The third-order valence-electron chi connectivity index (χ3n) is 4.74. The molecule has 0 unspecified atom stereocenters. The van der Waals surface area contributed by atoms with Crippen LogP contribution in [0.1, 0.15) is 52.0 Å². The highest BCUT2D eigenvalue weighted by molar-refractivity contribution is 5.78. The fourth-order valence-corrected chi connectivity index (χ4v) is 3.00. The van der Waals surface area contributed by atoms with Crippen molar-refractivity contribution in [1.29, 1.82) is 0 Å². The van der Waals surface area contributed by atoms with E-state index in [1.807, 2.05) is 38.1 Å². The molecule has 0 spiro atoms. The number of hydrogen-bond acceptors (Lipinski definition) is 2. The Morgan fingerprint density at radius 1 is 1.22 bits per heavy atom. The highest BCUT2D eigenvalue weighted by Crippen LogP contribution is 2.43. The molecule has 2 nitrogen and oxygen atoms in total. The third-order valence-corrected chi connectivity index (χ3v) is 4.74. The van der Waals surface area contributed by atoms with Crippen molar-refractivity contribution in [3.05, 3.63) is 59.9 Å². The Kier molecular flexibility index (Phi) is 5.40. The summed E-state index contributed by atoms with van der Waals surface area (Å²) < 4.78 is 14.3. The van der Waals surface area contributed by atoms with Gasteiger partial charge in [-0.25, -0.2) is 9.38 Å². The zero-order valence-electron chi connectivity index (χ0n) is 14.4. The molecule has 0 aliphatic heterocycles. The molecule has 1 aromatic rings. The number of nitrogens with one attached hydrogen (secondary N) is 1. The zero-order valence-corrected chi connectivity index (χ0v) is 14.4. The van der Waals surface area contributed by atoms with Crippen LogP contribution in [0.25, 0.3) is 0 Å². The van der Waals surface area contributed by atoms with Crippen LogP contribution in [0, 0.1) is 0 Å². The molecule has 1 aromatic carbocycles. The van der Waals surface area contributed by atoms with Crippen LogP contribution in [0.5, 0.6) is 0 Å². The van der Waals surface area contributed by atoms with Gasteiger partial charge in [-0.3, -0.25) is 0 Å². The Hall–Kier alpha value is -1.90. The summed E-state index contributed by atoms with van der Waals surface area (Å²) in [5, 5.41) is 3.48. The zero-order chi connectivity index (χ0) is 16.9. The Bertz CT molecular complexity index is 589. The summed E-state index contributed by atoms with van der Waals surface area (Å²) in [6.07, 6.45) is 6.36. The molecule has 0 heterocycles. The van der Waals surface area contributed by atoms with E-state index in [0.29, 0.717) is 18.7 Å². The van der Waals surface area contributed by atoms with Crippen molar-refractivity contribution in [3.8, 4) is 0 Å². The maximum Gasteiger partial charge on any atom is 0.119 e. The first kappa shape index (κ1) is 17.5. The minimum absolute atomic E-state index is 0.287. The fourth-order valence-electron chi connectivity index (χ4n) is 3.00. The SMILES string of the molecule is C=C(/N=C\C(C)=C/C)NC1(c2ccccc2)CCC(C)(F)CC1. The molecule has 0 bridgehead atoms. The fraction of sp³-hybridized carbons (Fsp3) is 0.450. The second-order valence-electron chi connectivity index (χ2n) is 6.72. The lowest BCUT2D eigenvalue weighted by atomic mass is 9.72. The van der Waals surface area contributed by atoms with Crippen molar-refractivity contribution in [3.63, 3.8) is 0 Å². The van der Waals surface area contributed by atoms with Gasteiger partial charge in [0.15, 0.2) is 0 Å². The van der Waals surface area contributed by atoms with E-state index in [2.05, 4.69) is 29.0 Å². The standard InChI is InChI=1S/C20H27FN2/c1-5-16(2)15-22-17(3)23-20(18-9-7-6-8-10-18)13-11-19(4,21)12-14-20/h5-10,15,23H,3,11-14H2,1-2,4H3/b16-5-,22-15-. The Morgan fingerprint density at radius 3 is 2.39 bits per heavy atom. The van der Waals surface area contributed by atoms with Crippen LogP contribution in [0.15, 0.2) is 59.4 Å². The lowest BCUT2D eigenvalue weighted by Gasteiger charge is -2.43. The Labute approximate surface area is 139 Å². The molecule has 1 aliphatic carbocycles. The molecule has 3 heteroatoms. The van der Waals surface area contributed by atoms with Crippen molar-refractivity contribution in [2.75, 3.05) is 0 Å². The molecule has 0 saturated heterocycles. The molecule has 1 saturated carbocycles. The van der Waals surface area contributed by atoms with E-state index in [0.717, 1.165) is 18.4 Å². The molecule has 0 atom stereocenters. The van der Waals surface area contributed by atoms with Gasteiger partial charge in [-0.05, 0) is 57.6 Å². The number of alkyl halides is 1. The largest absolute Gasteiger partial charge is 0.361 e. The number of benzene rings is 1. The van der Waals surface area contributed by atoms with Gasteiger partial charge in [0.05, 0.1) is 5.54 Å². The molecule has 0 aromatic heterocycles. The summed E-state index contributed by atoms with van der Waals surface area (Å²) in [7, 11) is 0. The average Bonchev–Trinajstić information content (AvgIpc) is 2.55. The molecule has 0 radical (unpaired) electrons. The maximum atomic E-state index is 14.3. The summed E-state index contributed by atoms with van der Waals surface area (Å²) >= 11 is 0. The highest BCUT2D eigenvalue weighted by Gasteiger charge is 2.41. The molecular weight excluding hydrogens is 287 g/mol. The third kappa shape index (κ3) is 4.54. The van der Waals surface area contributed by atoms with E-state index in [4.69, 9.17) is 0 Å². The summed E-state index contributed by atoms with van der Waals surface area (Å²) in [6, 6.07) is 10.3. The van der Waals surface area contributed by atoms with E-state index in [1.54, 1.807) is 13.1 Å². The molecule has 1 fully saturated rings. The molecule has 1 N–H and O–H groups in total. The normalized spacial score (nSPS) is 28.8. The van der Waals surface area contributed by atoms with Crippen molar-refractivity contribution in [2.45, 2.75) is 57.7 Å². The molecule has 2 rings (SSSR count). The van der Waals surface area contributed by atoms with Crippen LogP contribution in [0.4, 0.5) is 4.39 Å². The van der Waals surface area contributed by atoms with Gasteiger partial charge >= 0.3 is 0 Å². The lowest BCUT2D eigenvalue weighted by Crippen LogP contribution is -2.47. The number of hydrogen-bond donors (Lipinski definition) is 1. The summed E-state index contributed by atoms with van der Waals surface area (Å²) in [4.78, 5) is 4.40. The first-order valence-electron chi connectivity index (χ1n) is 8.25. The molecular formula is C20H27FN2. The summed E-state index contributed by atoms with van der Waals surface area (Å²) in [5.41, 5.74) is 0.897. The minimum Gasteiger partial charge on any atom is -0.361 e. The predicted molar refractivity (Wildman–Crippen MR) is 96.3 cm³/mol. The van der Waals surface area contributed by atoms with E-state index < -0.39 is 5.67 Å². The second kappa shape index (κ2) is 7.12. The predicted octanol–water partition coefficient (Wildman–Crippen LogP) is 5.28. The molecule has 23 heavy (non-hydrogen) atoms. The lowest BCUT2D eigenvalue weighted by molar-refractivity contribution is 0.0780. The Balaban J connectivity index is 2.22. The van der Waals surface area contributed by atoms with Crippen LogP contribution in [-0.2, 0) is 5.54 Å². The summed E-state index contributed by atoms with van der Waals surface area (Å²) in [5.74, 6) is 0.623. The first-order chi connectivity index (χ1) is 10.9. The first-order valence-corrected chi connectivity index (χ1v) is 8.25. The van der Waals surface area contributed by atoms with E-state index in [1.165, 1.54) is 5.56 Å². The van der Waals surface area contributed by atoms with Crippen molar-refractivity contribution >= 4 is 6.21 Å². The number of allylic oxidation sites excluding steroid dienone is 2. The van der Waals surface area contributed by atoms with Gasteiger partial charge in [0, 0.05) is 6.21 Å². The second-order valence-corrected chi connectivity index (χ2v) is 6.72. The monoisotopic (exact) mass is 314 g/mol. The average molecular weight is 314 g/mol. The van der Waals surface area contributed by atoms with E-state index >= 15 is 0 Å². The maximum absolute atomic E-state index is 14.3. The Morgan fingerprint density at radius 2 is 1.83 bits per heavy atom. The number of aliphatic imine (C=N–C) groups is 1. The van der Waals surface area contributed by atoms with Crippen LogP contribution in [0.3, 0.4) is 0 Å². The van der Waals surface area contributed by atoms with Crippen molar-refractivity contribution in [1.82, 2.24) is 5.32 Å². The van der Waals surface area contributed by atoms with Crippen LogP contribution < -0.4 is 5.32 Å². The molecule has 0 amide bonds. The van der Waals surface area contributed by atoms with Gasteiger partial charge in [0.2, 0.25) is 0 Å². The van der Waals surface area contributed by atoms with E-state index in [9.17, 15) is 4.39 Å². The van der Waals surface area contributed by atoms with Crippen LogP contribution in [-0.4, -0.2) is 11.9 Å². The quantitative estimate of drug-likeness (QED) is 0.734. The smallest absolute Gasteiger partial charge is 0.119 e. The topological polar surface area (TPSA) is 24.4 Å². The molecule has 124 valence electrons. The van der Waals surface area contributed by atoms with Crippen LogP contribution >= 0.6 is 0 Å². The van der Waals surface area contributed by atoms with Gasteiger partial charge in [-0.2, -0.15) is 0 Å². The van der Waals surface area contributed by atoms with Gasteiger partial charge in [-0.1, -0.05) is 43.0 Å². The number of halogens is 1. The molecule has 1 aliphatic rings. The van der Waals surface area contributed by atoms with Gasteiger partial charge < -0.3 is 5.32 Å². The van der Waals surface area contributed by atoms with Crippen LogP contribution in [0.2, 0.25) is 0 Å². The minimum atomic E-state index is -1.08. The van der Waals surface area contributed by atoms with Gasteiger partial charge in [0.25, 0.3) is 0 Å². The number of rotatable bonds is 5. The van der Waals surface area contributed by atoms with E-state index in [-0.39, 0.29) is 5.54 Å². The number of nitrogens with zero attached hydrogens (tertiary/aromatic N) is 1.